The Morgan fingerprint density at radius 2 is 1.71 bits per heavy atom. The van der Waals surface area contributed by atoms with E-state index in [1.165, 1.54) is 4.68 Å². The molecule has 24 heavy (non-hydrogen) atoms. The Kier molecular flexibility index (Phi) is 6.36. The van der Waals surface area contributed by atoms with Crippen molar-refractivity contribution in [2.45, 2.75) is 20.4 Å². The molecule has 0 atom stereocenters. The van der Waals surface area contributed by atoms with E-state index in [2.05, 4.69) is 21.5 Å². The highest BCUT2D eigenvalue weighted by Crippen LogP contribution is 2.12. The van der Waals surface area contributed by atoms with Crippen molar-refractivity contribution in [2.75, 3.05) is 13.2 Å². The van der Waals surface area contributed by atoms with Crippen LogP contribution >= 0.6 is 15.9 Å². The first-order valence-electron chi connectivity index (χ1n) is 7.51. The number of hydrazine groups is 2. The maximum Gasteiger partial charge on any atom is 0.414 e. The van der Waals surface area contributed by atoms with Gasteiger partial charge in [0.2, 0.25) is 6.20 Å². The van der Waals surface area contributed by atoms with Crippen LogP contribution in [0.2, 0.25) is 0 Å². The van der Waals surface area contributed by atoms with Gasteiger partial charge in [0.05, 0.1) is 26.0 Å². The SMILES string of the molecule is CCOC(=O)C(C(=O)OCC)=[N+]1C=CN(Cc2ccc(Br)cc2)N1. The van der Waals surface area contributed by atoms with E-state index in [-0.39, 0.29) is 18.9 Å². The Morgan fingerprint density at radius 3 is 2.25 bits per heavy atom. The number of ether oxygens (including phenoxy) is 2. The Morgan fingerprint density at radius 1 is 1.12 bits per heavy atom. The molecule has 1 aromatic carbocycles. The molecule has 7 nitrogen and oxygen atoms in total. The minimum Gasteiger partial charge on any atom is -0.458 e. The van der Waals surface area contributed by atoms with Crippen LogP contribution < -0.4 is 5.53 Å². The average molecular weight is 397 g/mol. The van der Waals surface area contributed by atoms with Crippen LogP contribution in [0.3, 0.4) is 0 Å². The first kappa shape index (κ1) is 18.0. The Hall–Kier alpha value is -2.35. The molecule has 1 aliphatic heterocycles. The Balaban J connectivity index is 2.15. The van der Waals surface area contributed by atoms with E-state index < -0.39 is 11.9 Å². The molecule has 0 bridgehead atoms. The lowest BCUT2D eigenvalue weighted by molar-refractivity contribution is -0.538. The van der Waals surface area contributed by atoms with E-state index in [4.69, 9.17) is 9.47 Å². The van der Waals surface area contributed by atoms with Gasteiger partial charge in [-0.1, -0.05) is 33.6 Å². The molecule has 8 heteroatoms. The van der Waals surface area contributed by atoms with Gasteiger partial charge in [0, 0.05) is 4.47 Å². The quantitative estimate of drug-likeness (QED) is 0.448. The molecule has 0 saturated heterocycles. The zero-order valence-electron chi connectivity index (χ0n) is 13.5. The predicted octanol–water partition coefficient (Wildman–Crippen LogP) is 1.74. The number of benzene rings is 1. The third-order valence-corrected chi connectivity index (χ3v) is 3.61. The van der Waals surface area contributed by atoms with E-state index in [0.717, 1.165) is 10.0 Å². The van der Waals surface area contributed by atoms with Crippen molar-refractivity contribution in [1.82, 2.24) is 10.5 Å². The van der Waals surface area contributed by atoms with Gasteiger partial charge in [-0.25, -0.2) is 14.6 Å². The summed E-state index contributed by atoms with van der Waals surface area (Å²) in [6, 6.07) is 7.84. The van der Waals surface area contributed by atoms with Crippen molar-refractivity contribution in [1.29, 1.82) is 0 Å². The van der Waals surface area contributed by atoms with Crippen LogP contribution in [0.1, 0.15) is 19.4 Å². The summed E-state index contributed by atoms with van der Waals surface area (Å²) in [6.45, 7) is 4.24. The largest absolute Gasteiger partial charge is 0.458 e. The number of carbonyl (C=O) groups is 2. The number of esters is 2. The van der Waals surface area contributed by atoms with Crippen LogP contribution in [-0.2, 0) is 25.6 Å². The second kappa shape index (κ2) is 8.49. The van der Waals surface area contributed by atoms with Crippen molar-refractivity contribution in [3.05, 3.63) is 46.7 Å². The molecule has 1 aromatic rings. The molecular weight excluding hydrogens is 378 g/mol. The molecule has 1 aliphatic rings. The van der Waals surface area contributed by atoms with E-state index >= 15 is 0 Å². The van der Waals surface area contributed by atoms with Crippen LogP contribution in [0.4, 0.5) is 0 Å². The van der Waals surface area contributed by atoms with Gasteiger partial charge in [-0.05, 0) is 36.2 Å². The van der Waals surface area contributed by atoms with Crippen LogP contribution in [0.15, 0.2) is 41.1 Å². The second-order valence-electron chi connectivity index (χ2n) is 4.81. The van der Waals surface area contributed by atoms with Gasteiger partial charge in [0.25, 0.3) is 0 Å². The summed E-state index contributed by atoms with van der Waals surface area (Å²) in [5, 5.41) is 1.74. The lowest BCUT2D eigenvalue weighted by Gasteiger charge is -2.13. The van der Waals surface area contributed by atoms with E-state index in [0.29, 0.717) is 6.54 Å². The average Bonchev–Trinajstić information content (AvgIpc) is 2.98. The molecule has 0 unspecified atom stereocenters. The summed E-state index contributed by atoms with van der Waals surface area (Å²) < 4.78 is 12.2. The molecular formula is C16H19BrN3O4+. The fourth-order valence-corrected chi connectivity index (χ4v) is 2.29. The van der Waals surface area contributed by atoms with Crippen molar-refractivity contribution in [3.8, 4) is 0 Å². The highest BCUT2D eigenvalue weighted by atomic mass is 79.9. The first-order valence-corrected chi connectivity index (χ1v) is 8.30. The molecule has 1 heterocycles. The van der Waals surface area contributed by atoms with Gasteiger partial charge in [-0.2, -0.15) is 0 Å². The summed E-state index contributed by atoms with van der Waals surface area (Å²) in [5.41, 5.74) is 3.78. The van der Waals surface area contributed by atoms with Gasteiger partial charge in [-0.15, -0.1) is 0 Å². The number of halogens is 1. The molecule has 0 fully saturated rings. The van der Waals surface area contributed by atoms with Crippen molar-refractivity contribution in [3.63, 3.8) is 0 Å². The van der Waals surface area contributed by atoms with Crippen LogP contribution in [-0.4, -0.2) is 40.6 Å². The number of hydrogen-bond acceptors (Lipinski definition) is 6. The number of carbonyl (C=O) groups excluding carboxylic acids is 2. The monoisotopic (exact) mass is 396 g/mol. The molecule has 0 spiro atoms. The standard InChI is InChI=1S/C16H18BrN3O4/c1-3-23-15(21)14(16(22)24-4-2)20-10-9-19(18-20)11-12-5-7-13(17)8-6-12/h5-10H,3-4,11H2,1-2H3/p+1. The summed E-state index contributed by atoms with van der Waals surface area (Å²) in [7, 11) is 0. The normalized spacial score (nSPS) is 12.8. The summed E-state index contributed by atoms with van der Waals surface area (Å²) >= 11 is 3.39. The van der Waals surface area contributed by atoms with Crippen LogP contribution in [0.5, 0.6) is 0 Å². The smallest absolute Gasteiger partial charge is 0.414 e. The van der Waals surface area contributed by atoms with Gasteiger partial charge in [0.15, 0.2) is 0 Å². The fourth-order valence-electron chi connectivity index (χ4n) is 2.03. The lowest BCUT2D eigenvalue weighted by atomic mass is 10.2. The van der Waals surface area contributed by atoms with Crippen molar-refractivity contribution < 1.29 is 23.7 Å². The third-order valence-electron chi connectivity index (χ3n) is 3.08. The summed E-state index contributed by atoms with van der Waals surface area (Å²) in [6.07, 6.45) is 3.29. The molecule has 2 rings (SSSR count). The van der Waals surface area contributed by atoms with Gasteiger partial charge < -0.3 is 9.47 Å². The number of hydrazone groups is 1. The highest BCUT2D eigenvalue weighted by molar-refractivity contribution is 9.10. The van der Waals surface area contributed by atoms with Crippen LogP contribution in [0, 0.1) is 0 Å². The second-order valence-corrected chi connectivity index (χ2v) is 5.73. The molecule has 0 saturated carbocycles. The number of nitrogens with one attached hydrogen (secondary N) is 1. The van der Waals surface area contributed by atoms with Crippen molar-refractivity contribution >= 4 is 33.6 Å². The Labute approximate surface area is 148 Å². The first-order chi connectivity index (χ1) is 11.5. The number of rotatable bonds is 6. The summed E-state index contributed by atoms with van der Waals surface area (Å²) in [5.74, 6) is -1.47. The maximum atomic E-state index is 12.0. The highest BCUT2D eigenvalue weighted by Gasteiger charge is 2.37. The molecule has 128 valence electrons. The van der Waals surface area contributed by atoms with Crippen LogP contribution in [0.25, 0.3) is 0 Å². The fraction of sp³-hybridized carbons (Fsp3) is 0.312. The topological polar surface area (TPSA) is 70.9 Å². The van der Waals surface area contributed by atoms with Crippen molar-refractivity contribution in [2.24, 2.45) is 0 Å². The third kappa shape index (κ3) is 4.58. The van der Waals surface area contributed by atoms with E-state index in [1.54, 1.807) is 31.3 Å². The molecule has 1 N–H and O–H groups in total. The molecule has 0 radical (unpaired) electrons. The maximum absolute atomic E-state index is 12.0. The molecule has 0 aliphatic carbocycles. The minimum atomic E-state index is -0.737. The zero-order chi connectivity index (χ0) is 17.5. The molecule has 0 amide bonds. The predicted molar refractivity (Wildman–Crippen MR) is 90.5 cm³/mol. The van der Waals surface area contributed by atoms with Gasteiger partial charge in [0.1, 0.15) is 0 Å². The summed E-state index contributed by atoms with van der Waals surface area (Å²) in [4.78, 5) is 24.1. The van der Waals surface area contributed by atoms with Gasteiger partial charge in [-0.3, -0.25) is 0 Å². The molecule has 0 aromatic heterocycles. The number of hydrogen-bond donors (Lipinski definition) is 1. The lowest BCUT2D eigenvalue weighted by Crippen LogP contribution is -2.43. The van der Waals surface area contributed by atoms with Gasteiger partial charge >= 0.3 is 17.7 Å². The van der Waals surface area contributed by atoms with E-state index in [1.807, 2.05) is 24.3 Å². The number of nitrogens with zero attached hydrogens (tertiary/aromatic N) is 2. The van der Waals surface area contributed by atoms with E-state index in [9.17, 15) is 9.59 Å². The minimum absolute atomic E-state index is 0.169. The zero-order valence-corrected chi connectivity index (χ0v) is 15.1. The Bertz CT molecular complexity index is 650.